The normalized spacial score (nSPS) is 13.5. The minimum absolute atomic E-state index is 0.318. The predicted octanol–water partition coefficient (Wildman–Crippen LogP) is 2.53. The van der Waals surface area contributed by atoms with Crippen LogP contribution in [0.2, 0.25) is 5.02 Å². The molecule has 0 spiro atoms. The van der Waals surface area contributed by atoms with E-state index >= 15 is 0 Å². The summed E-state index contributed by atoms with van der Waals surface area (Å²) in [7, 11) is 1.58. The predicted molar refractivity (Wildman–Crippen MR) is 80.7 cm³/mol. The van der Waals surface area contributed by atoms with Gasteiger partial charge in [0.15, 0.2) is 0 Å². The van der Waals surface area contributed by atoms with Gasteiger partial charge >= 0.3 is 0 Å². The van der Waals surface area contributed by atoms with E-state index in [4.69, 9.17) is 16.3 Å². The molecule has 21 heavy (non-hydrogen) atoms. The Morgan fingerprint density at radius 2 is 2.05 bits per heavy atom. The van der Waals surface area contributed by atoms with Crippen LogP contribution in [0, 0.1) is 0 Å². The van der Waals surface area contributed by atoms with Gasteiger partial charge in [0.25, 0.3) is 5.91 Å². The number of aromatic nitrogens is 1. The van der Waals surface area contributed by atoms with Gasteiger partial charge in [-0.3, -0.25) is 4.79 Å². The van der Waals surface area contributed by atoms with Gasteiger partial charge in [0, 0.05) is 6.20 Å². The summed E-state index contributed by atoms with van der Waals surface area (Å²) in [6.07, 6.45) is 0.714. The maximum Gasteiger partial charge on any atom is 0.268 e. The zero-order valence-electron chi connectivity index (χ0n) is 11.8. The van der Waals surface area contributed by atoms with Gasteiger partial charge in [-0.25, -0.2) is 0 Å². The summed E-state index contributed by atoms with van der Waals surface area (Å²) < 4.78 is 5.07. The van der Waals surface area contributed by atoms with Crippen LogP contribution in [0.4, 0.5) is 0 Å². The molecule has 0 aliphatic carbocycles. The third-order valence-corrected chi connectivity index (χ3v) is 3.40. The van der Waals surface area contributed by atoms with E-state index in [1.165, 1.54) is 12.3 Å². The number of aromatic amines is 1. The highest BCUT2D eigenvalue weighted by atomic mass is 35.5. The second-order valence-corrected chi connectivity index (χ2v) is 5.15. The van der Waals surface area contributed by atoms with Crippen LogP contribution >= 0.6 is 11.6 Å². The van der Waals surface area contributed by atoms with E-state index in [-0.39, 0.29) is 5.91 Å². The van der Waals surface area contributed by atoms with Crippen LogP contribution in [0.5, 0.6) is 5.75 Å². The number of hydrogen-bond donors (Lipinski definition) is 3. The highest BCUT2D eigenvalue weighted by molar-refractivity contribution is 6.30. The number of carbonyl (C=O) groups excluding carboxylic acids is 1. The van der Waals surface area contributed by atoms with Crippen LogP contribution in [-0.4, -0.2) is 29.1 Å². The molecule has 2 rings (SSSR count). The Kier molecular flexibility index (Phi) is 4.88. The van der Waals surface area contributed by atoms with Crippen molar-refractivity contribution in [3.05, 3.63) is 52.8 Å². The van der Waals surface area contributed by atoms with Crippen LogP contribution in [-0.2, 0) is 0 Å². The van der Waals surface area contributed by atoms with Gasteiger partial charge in [-0.15, -0.1) is 0 Å². The quantitative estimate of drug-likeness (QED) is 0.794. The molecule has 0 saturated carbocycles. The van der Waals surface area contributed by atoms with Crippen molar-refractivity contribution in [3.63, 3.8) is 0 Å². The van der Waals surface area contributed by atoms with Gasteiger partial charge in [-0.05, 0) is 30.7 Å². The number of halogens is 1. The number of nitrogens with one attached hydrogen (secondary N) is 2. The summed E-state index contributed by atoms with van der Waals surface area (Å²) in [5.41, 5.74) is 1.06. The lowest BCUT2D eigenvalue weighted by atomic mass is 10.0. The Morgan fingerprint density at radius 3 is 2.57 bits per heavy atom. The summed E-state index contributed by atoms with van der Waals surface area (Å²) in [6.45, 7) is 1.73. The molecular weight excluding hydrogens is 292 g/mol. The number of aliphatic hydroxyl groups is 1. The Balaban J connectivity index is 2.01. The fourth-order valence-electron chi connectivity index (χ4n) is 1.95. The average Bonchev–Trinajstić information content (AvgIpc) is 2.93. The van der Waals surface area contributed by atoms with Crippen LogP contribution in [0.3, 0.4) is 0 Å². The van der Waals surface area contributed by atoms with Crippen molar-refractivity contribution >= 4 is 17.5 Å². The molecule has 2 unspecified atom stereocenters. The molecule has 0 bridgehead atoms. The summed E-state index contributed by atoms with van der Waals surface area (Å²) in [5, 5.41) is 13.4. The van der Waals surface area contributed by atoms with E-state index in [9.17, 15) is 9.90 Å². The van der Waals surface area contributed by atoms with E-state index in [0.717, 1.165) is 0 Å². The number of amides is 1. The van der Waals surface area contributed by atoms with Crippen molar-refractivity contribution in [2.75, 3.05) is 7.11 Å². The molecule has 0 radical (unpaired) electrons. The number of ether oxygens (including phenoxy) is 1. The van der Waals surface area contributed by atoms with Gasteiger partial charge in [0.2, 0.25) is 0 Å². The summed E-state index contributed by atoms with van der Waals surface area (Å²) >= 11 is 5.76. The highest BCUT2D eigenvalue weighted by Gasteiger charge is 2.19. The first kappa shape index (κ1) is 15.4. The van der Waals surface area contributed by atoms with Crippen LogP contribution in [0.1, 0.15) is 29.1 Å². The molecule has 2 aromatic rings. The van der Waals surface area contributed by atoms with Crippen molar-refractivity contribution in [1.82, 2.24) is 10.3 Å². The largest absolute Gasteiger partial charge is 0.497 e. The molecule has 0 saturated heterocycles. The molecule has 0 aliphatic rings. The maximum absolute atomic E-state index is 12.0. The number of H-pyrrole nitrogens is 1. The van der Waals surface area contributed by atoms with Crippen LogP contribution < -0.4 is 10.1 Å². The first-order chi connectivity index (χ1) is 10.0. The number of rotatable bonds is 5. The van der Waals surface area contributed by atoms with Crippen molar-refractivity contribution in [3.8, 4) is 5.75 Å². The Bertz CT molecular complexity index is 610. The number of benzene rings is 1. The van der Waals surface area contributed by atoms with Crippen LogP contribution in [0.25, 0.3) is 0 Å². The molecule has 0 fully saturated rings. The molecule has 1 aromatic carbocycles. The smallest absolute Gasteiger partial charge is 0.268 e. The number of hydrogen-bond acceptors (Lipinski definition) is 3. The van der Waals surface area contributed by atoms with E-state index in [2.05, 4.69) is 10.3 Å². The molecule has 0 aliphatic heterocycles. The van der Waals surface area contributed by atoms with Crippen molar-refractivity contribution in [2.45, 2.75) is 19.1 Å². The van der Waals surface area contributed by atoms with Crippen molar-refractivity contribution < 1.29 is 14.6 Å². The fraction of sp³-hybridized carbons (Fsp3) is 0.267. The lowest BCUT2D eigenvalue weighted by molar-refractivity contribution is 0.0848. The zero-order valence-corrected chi connectivity index (χ0v) is 12.5. The minimum Gasteiger partial charge on any atom is -0.497 e. The van der Waals surface area contributed by atoms with Gasteiger partial charge in [-0.1, -0.05) is 23.7 Å². The maximum atomic E-state index is 12.0. The van der Waals surface area contributed by atoms with Gasteiger partial charge in [0.1, 0.15) is 11.4 Å². The molecule has 1 aromatic heterocycles. The molecule has 5 nitrogen and oxygen atoms in total. The molecule has 6 heteroatoms. The lowest BCUT2D eigenvalue weighted by Crippen LogP contribution is -2.37. The molecule has 2 atom stereocenters. The second kappa shape index (κ2) is 6.65. The molecule has 112 valence electrons. The van der Waals surface area contributed by atoms with Gasteiger partial charge in [-0.2, -0.15) is 0 Å². The minimum atomic E-state index is -0.815. The third kappa shape index (κ3) is 3.77. The highest BCUT2D eigenvalue weighted by Crippen LogP contribution is 2.20. The fourth-order valence-corrected chi connectivity index (χ4v) is 2.12. The Labute approximate surface area is 127 Å². The number of aliphatic hydroxyl groups excluding tert-OH is 1. The topological polar surface area (TPSA) is 74.3 Å². The monoisotopic (exact) mass is 308 g/mol. The van der Waals surface area contributed by atoms with Crippen LogP contribution in [0.15, 0.2) is 36.5 Å². The van der Waals surface area contributed by atoms with E-state index in [1.807, 2.05) is 0 Å². The molecular formula is C15H17ClN2O3. The summed E-state index contributed by atoms with van der Waals surface area (Å²) in [5.74, 6) is 0.394. The van der Waals surface area contributed by atoms with Gasteiger partial charge in [0.05, 0.1) is 24.3 Å². The van der Waals surface area contributed by atoms with E-state index < -0.39 is 12.1 Å². The molecule has 1 heterocycles. The Hall–Kier alpha value is -1.98. The lowest BCUT2D eigenvalue weighted by Gasteiger charge is -2.20. The first-order valence-electron chi connectivity index (χ1n) is 6.48. The molecule has 3 N–H and O–H groups in total. The summed E-state index contributed by atoms with van der Waals surface area (Å²) in [4.78, 5) is 14.7. The van der Waals surface area contributed by atoms with Gasteiger partial charge < -0.3 is 20.1 Å². The second-order valence-electron chi connectivity index (χ2n) is 4.71. The third-order valence-electron chi connectivity index (χ3n) is 3.18. The zero-order chi connectivity index (χ0) is 15.4. The van der Waals surface area contributed by atoms with Crippen molar-refractivity contribution in [2.24, 2.45) is 0 Å². The number of carbonyl (C=O) groups is 1. The average molecular weight is 309 g/mol. The van der Waals surface area contributed by atoms with E-state index in [1.54, 1.807) is 38.3 Å². The van der Waals surface area contributed by atoms with Crippen molar-refractivity contribution in [1.29, 1.82) is 0 Å². The van der Waals surface area contributed by atoms with E-state index in [0.29, 0.717) is 22.0 Å². The Morgan fingerprint density at radius 1 is 1.38 bits per heavy atom. The SMILES string of the molecule is COc1ccc(C(O)C(C)NC(=O)c2cc(Cl)c[nH]2)cc1. The summed E-state index contributed by atoms with van der Waals surface area (Å²) in [6, 6.07) is 8.13. The standard InChI is InChI=1S/C15H17ClN2O3/c1-9(18-15(20)13-7-11(16)8-17-13)14(19)10-3-5-12(21-2)6-4-10/h3-9,14,17,19H,1-2H3,(H,18,20). The first-order valence-corrected chi connectivity index (χ1v) is 6.86. The molecule has 1 amide bonds. The number of methoxy groups -OCH3 is 1.